The molecule has 0 N–H and O–H groups in total. The first-order valence-electron chi connectivity index (χ1n) is 13.1. The first-order valence-corrected chi connectivity index (χ1v) is 14.8. The molecule has 5 rings (SSSR count). The van der Waals surface area contributed by atoms with Gasteiger partial charge in [-0.05, 0) is 73.1 Å². The molecule has 3 aliphatic carbocycles. The molecule has 3 saturated carbocycles. The molecule has 0 aliphatic heterocycles. The first-order chi connectivity index (χ1) is 15.9. The van der Waals surface area contributed by atoms with Crippen molar-refractivity contribution in [1.82, 2.24) is 0 Å². The van der Waals surface area contributed by atoms with E-state index in [9.17, 15) is 0 Å². The van der Waals surface area contributed by atoms with Crippen molar-refractivity contribution < 1.29 is 24.3 Å². The smallest absolute Gasteiger partial charge is 0.573 e. The summed E-state index contributed by atoms with van der Waals surface area (Å²) in [7, 11) is -0.720. The standard InChI is InChI=1S/C29H39P.CO.CH3.Rh/c1-4-12-23(13-5-1)29(28-21-20-24-14-10-11-19-27(24)28)22-30(25-15-6-2-7-16-25)26-17-8-3-9-18-26;1-2;;/h2-3,6-9,15-18,23-24,27-29H,1,4-5,10-14,19-22H2;;1H3;/q;2*-1;+2/p+1/t24?,27?,28?,29-;;;/m1.../s1. The molecule has 2 aromatic carbocycles. The quantitative estimate of drug-likeness (QED) is 0.204. The molecular formula is C31H43OPRh+. The molecule has 3 heteroatoms. The second-order valence-electron chi connectivity index (χ2n) is 10.4. The van der Waals surface area contributed by atoms with Gasteiger partial charge < -0.3 is 19.0 Å². The van der Waals surface area contributed by atoms with Gasteiger partial charge in [-0.1, -0.05) is 87.8 Å². The molecule has 1 nitrogen and oxygen atoms in total. The van der Waals surface area contributed by atoms with Crippen LogP contribution in [-0.4, -0.2) is 13.0 Å². The molecular weight excluding hydrogens is 522 g/mol. The van der Waals surface area contributed by atoms with Gasteiger partial charge in [0.05, 0.1) is 24.7 Å². The Hall–Kier alpha value is -0.837. The van der Waals surface area contributed by atoms with Crippen LogP contribution in [-0.2, 0) is 24.3 Å². The predicted molar refractivity (Wildman–Crippen MR) is 146 cm³/mol. The topological polar surface area (TPSA) is 17.1 Å². The third-order valence-electron chi connectivity index (χ3n) is 8.88. The summed E-state index contributed by atoms with van der Waals surface area (Å²) in [5, 5.41) is 3.26. The molecule has 4 atom stereocenters. The molecule has 186 valence electrons. The zero-order valence-electron chi connectivity index (χ0n) is 20.9. The van der Waals surface area contributed by atoms with Gasteiger partial charge in [-0.2, -0.15) is 0 Å². The molecule has 2 aromatic rings. The van der Waals surface area contributed by atoms with Crippen LogP contribution >= 0.6 is 7.92 Å². The monoisotopic (exact) mass is 565 g/mol. The van der Waals surface area contributed by atoms with Crippen LogP contribution in [0.4, 0.5) is 0 Å². The number of hydrogen-bond donors (Lipinski definition) is 0. The summed E-state index contributed by atoms with van der Waals surface area (Å²) < 4.78 is 0. The van der Waals surface area contributed by atoms with E-state index >= 15 is 0 Å². The van der Waals surface area contributed by atoms with Crippen LogP contribution in [0.5, 0.6) is 0 Å². The van der Waals surface area contributed by atoms with Crippen molar-refractivity contribution >= 4 is 25.3 Å². The van der Waals surface area contributed by atoms with Crippen molar-refractivity contribution in [2.45, 2.75) is 70.6 Å². The molecule has 2 radical (unpaired) electrons. The minimum absolute atomic E-state index is 0. The third kappa shape index (κ3) is 7.11. The number of benzene rings is 2. The molecule has 3 fully saturated rings. The Kier molecular flexibility index (Phi) is 13.2. The number of hydrogen-bond acceptors (Lipinski definition) is 1. The van der Waals surface area contributed by atoms with Gasteiger partial charge in [0.25, 0.3) is 0 Å². The van der Waals surface area contributed by atoms with Crippen LogP contribution in [0.2, 0.25) is 0 Å². The molecule has 0 aromatic heterocycles. The molecule has 0 saturated heterocycles. The fraction of sp³-hybridized carbons (Fsp3) is 0.548. The molecule has 34 heavy (non-hydrogen) atoms. The minimum atomic E-state index is -0.720. The first kappa shape index (κ1) is 29.4. The molecule has 0 amide bonds. The Balaban J connectivity index is 0.000000995. The van der Waals surface area contributed by atoms with Crippen molar-refractivity contribution in [1.29, 1.82) is 0 Å². The van der Waals surface area contributed by atoms with Crippen LogP contribution in [0.15, 0.2) is 60.7 Å². The fourth-order valence-electron chi connectivity index (χ4n) is 7.46. The maximum Gasteiger partial charge on any atom is 2.00 e. The summed E-state index contributed by atoms with van der Waals surface area (Å²) in [5.74, 6) is 5.11. The summed E-state index contributed by atoms with van der Waals surface area (Å²) in [6.07, 6.45) is 18.1. The summed E-state index contributed by atoms with van der Waals surface area (Å²) in [5.41, 5.74) is 0. The van der Waals surface area contributed by atoms with Gasteiger partial charge in [0.15, 0.2) is 0 Å². The SMILES string of the molecule is [C-]=O.[CH3-].[Rh+2].c1ccc([PH+](C[C@H](C2CCCCC2)C2CCC3CCCCC32)c2ccccc2)cc1. The van der Waals surface area contributed by atoms with Gasteiger partial charge in [-0.15, -0.1) is 0 Å². The van der Waals surface area contributed by atoms with E-state index in [1.807, 2.05) is 0 Å². The Morgan fingerprint density at radius 3 is 1.82 bits per heavy atom. The maximum absolute atomic E-state index is 7.50. The third-order valence-corrected chi connectivity index (χ3v) is 11.8. The largest absolute Gasteiger partial charge is 2.00 e. The zero-order chi connectivity index (χ0) is 22.2. The van der Waals surface area contributed by atoms with Gasteiger partial charge in [-0.3, -0.25) is 0 Å². The van der Waals surface area contributed by atoms with Crippen molar-refractivity contribution in [3.05, 3.63) is 68.1 Å². The average molecular weight is 566 g/mol. The minimum Gasteiger partial charge on any atom is -0.573 e. The van der Waals surface area contributed by atoms with E-state index in [0.29, 0.717) is 0 Å². The molecule has 3 aliphatic rings. The van der Waals surface area contributed by atoms with E-state index < -0.39 is 7.92 Å². The van der Waals surface area contributed by atoms with Gasteiger partial charge in [-0.25, -0.2) is 0 Å². The summed E-state index contributed by atoms with van der Waals surface area (Å²) in [6, 6.07) is 23.2. The van der Waals surface area contributed by atoms with Crippen LogP contribution in [0.1, 0.15) is 70.6 Å². The Labute approximate surface area is 223 Å². The second kappa shape index (κ2) is 15.3. The number of carbonyl (C=O) groups excluding carboxylic acids is 1. The van der Waals surface area contributed by atoms with E-state index in [1.165, 1.54) is 76.8 Å². The number of fused-ring (bicyclic) bond motifs is 1. The van der Waals surface area contributed by atoms with E-state index in [1.54, 1.807) is 10.6 Å². The Morgan fingerprint density at radius 1 is 0.706 bits per heavy atom. The molecule has 0 spiro atoms. The zero-order valence-corrected chi connectivity index (χ0v) is 23.5. The van der Waals surface area contributed by atoms with E-state index in [4.69, 9.17) is 4.79 Å². The van der Waals surface area contributed by atoms with Crippen LogP contribution in [0.3, 0.4) is 0 Å². The molecule has 0 heterocycles. The van der Waals surface area contributed by atoms with E-state index in [-0.39, 0.29) is 26.9 Å². The van der Waals surface area contributed by atoms with Gasteiger partial charge >= 0.3 is 19.5 Å². The van der Waals surface area contributed by atoms with Crippen molar-refractivity contribution in [2.75, 3.05) is 6.16 Å². The Morgan fingerprint density at radius 2 is 1.24 bits per heavy atom. The number of rotatable bonds is 6. The van der Waals surface area contributed by atoms with E-state index in [0.717, 1.165) is 29.6 Å². The van der Waals surface area contributed by atoms with Gasteiger partial charge in [0, 0.05) is 0 Å². The molecule has 3 unspecified atom stereocenters. The van der Waals surface area contributed by atoms with Crippen molar-refractivity contribution in [3.63, 3.8) is 0 Å². The van der Waals surface area contributed by atoms with Crippen molar-refractivity contribution in [2.24, 2.45) is 29.6 Å². The average Bonchev–Trinajstić information content (AvgIpc) is 3.31. The second-order valence-corrected chi connectivity index (χ2v) is 12.9. The Bertz CT molecular complexity index is 752. The maximum atomic E-state index is 7.50. The van der Waals surface area contributed by atoms with Crippen molar-refractivity contribution in [3.8, 4) is 0 Å². The van der Waals surface area contributed by atoms with Gasteiger partial charge in [0.1, 0.15) is 0 Å². The van der Waals surface area contributed by atoms with Crippen LogP contribution in [0, 0.1) is 37.0 Å². The summed E-state index contributed by atoms with van der Waals surface area (Å²) in [6.45, 7) is 4.50. The summed E-state index contributed by atoms with van der Waals surface area (Å²) in [4.78, 5) is 7.50. The predicted octanol–water partition coefficient (Wildman–Crippen LogP) is 7.32. The van der Waals surface area contributed by atoms with E-state index in [2.05, 4.69) is 67.5 Å². The van der Waals surface area contributed by atoms with Gasteiger partial charge in [0.2, 0.25) is 0 Å². The molecule has 0 bridgehead atoms. The summed E-state index contributed by atoms with van der Waals surface area (Å²) >= 11 is 0. The fourth-order valence-corrected chi connectivity index (χ4v) is 10.6. The van der Waals surface area contributed by atoms with Crippen LogP contribution in [0.25, 0.3) is 0 Å². The normalized spacial score (nSPS) is 25.1. The van der Waals surface area contributed by atoms with Crippen LogP contribution < -0.4 is 10.6 Å².